The number of hydrogen-bond donors (Lipinski definition) is 0. The van der Waals surface area contributed by atoms with Crippen LogP contribution in [0.2, 0.25) is 5.02 Å². The molecule has 1 saturated heterocycles. The number of carbonyl (C=O) groups excluding carboxylic acids is 3. The summed E-state index contributed by atoms with van der Waals surface area (Å²) in [4.78, 5) is 36.1. The second-order valence-electron chi connectivity index (χ2n) is 5.16. The van der Waals surface area contributed by atoms with Gasteiger partial charge >= 0.3 is 0 Å². The van der Waals surface area contributed by atoms with Crippen LogP contribution in [-0.2, 0) is 4.79 Å². The van der Waals surface area contributed by atoms with Crippen LogP contribution in [0.4, 0.5) is 4.79 Å². The predicted octanol–water partition coefficient (Wildman–Crippen LogP) is 2.63. The van der Waals surface area contributed by atoms with Gasteiger partial charge in [-0.1, -0.05) is 23.6 Å². The van der Waals surface area contributed by atoms with Crippen LogP contribution in [0.1, 0.15) is 16.1 Å². The fourth-order valence-electron chi connectivity index (χ4n) is 2.27. The molecule has 0 N–H and O–H groups in total. The minimum atomic E-state index is -1.34. The molecular formula is C18H9ClNO5S-. The van der Waals surface area contributed by atoms with E-state index in [1.54, 1.807) is 12.1 Å². The van der Waals surface area contributed by atoms with E-state index >= 15 is 0 Å². The Morgan fingerprint density at radius 1 is 1.35 bits per heavy atom. The Hall–Kier alpha value is -2.95. The number of furan rings is 1. The lowest BCUT2D eigenvalue weighted by Gasteiger charge is -2.06. The minimum Gasteiger partial charge on any atom is -0.545 e. The lowest BCUT2D eigenvalue weighted by atomic mass is 10.1. The Morgan fingerprint density at radius 3 is 2.81 bits per heavy atom. The van der Waals surface area contributed by atoms with Crippen molar-refractivity contribution >= 4 is 46.6 Å². The molecule has 1 aromatic carbocycles. The second kappa shape index (κ2) is 7.12. The van der Waals surface area contributed by atoms with Gasteiger partial charge in [0.15, 0.2) is 0 Å². The number of aromatic carboxylic acids is 1. The highest BCUT2D eigenvalue weighted by atomic mass is 35.5. The van der Waals surface area contributed by atoms with Gasteiger partial charge in [0, 0.05) is 11.6 Å². The number of nitrogens with zero attached hydrogens (tertiary/aromatic N) is 1. The molecule has 2 heterocycles. The summed E-state index contributed by atoms with van der Waals surface area (Å²) in [5.74, 6) is 1.04. The van der Waals surface area contributed by atoms with Crippen LogP contribution < -0.4 is 5.11 Å². The maximum Gasteiger partial charge on any atom is 0.294 e. The van der Waals surface area contributed by atoms with E-state index in [0.29, 0.717) is 22.1 Å². The standard InChI is InChI=1S/C18H10ClNO5S/c1-2-7-20-16(21)15(26-18(20)24)9-11-4-6-14(25-11)12-8-10(17(22)23)3-5-13(12)19/h1,3-6,8-9H,7H2,(H,22,23)/p-1/b15-9+. The smallest absolute Gasteiger partial charge is 0.294 e. The predicted molar refractivity (Wildman–Crippen MR) is 95.0 cm³/mol. The molecular weight excluding hydrogens is 378 g/mol. The fraction of sp³-hybridized carbons (Fsp3) is 0.0556. The summed E-state index contributed by atoms with van der Waals surface area (Å²) in [5.41, 5.74) is 0.325. The summed E-state index contributed by atoms with van der Waals surface area (Å²) in [7, 11) is 0. The minimum absolute atomic E-state index is 0.0437. The Labute approximate surface area is 157 Å². The number of halogens is 1. The Balaban J connectivity index is 1.91. The van der Waals surface area contributed by atoms with E-state index in [1.165, 1.54) is 24.3 Å². The third kappa shape index (κ3) is 3.38. The number of hydrogen-bond acceptors (Lipinski definition) is 6. The van der Waals surface area contributed by atoms with Gasteiger partial charge in [0.05, 0.1) is 22.4 Å². The van der Waals surface area contributed by atoms with Crippen LogP contribution in [0.25, 0.3) is 17.4 Å². The van der Waals surface area contributed by atoms with Gasteiger partial charge in [0.1, 0.15) is 11.5 Å². The molecule has 26 heavy (non-hydrogen) atoms. The number of amides is 2. The normalized spacial score (nSPS) is 15.5. The highest BCUT2D eigenvalue weighted by Crippen LogP contribution is 2.34. The first kappa shape index (κ1) is 17.9. The molecule has 6 nitrogen and oxygen atoms in total. The monoisotopic (exact) mass is 386 g/mol. The SMILES string of the molecule is C#CCN1C(=O)S/C(=C/c2ccc(-c3cc(C(=O)[O-])ccc3Cl)o2)C1=O. The van der Waals surface area contributed by atoms with Crippen LogP contribution in [-0.4, -0.2) is 28.6 Å². The Kier molecular flexibility index (Phi) is 4.89. The van der Waals surface area contributed by atoms with E-state index in [0.717, 1.165) is 16.7 Å². The van der Waals surface area contributed by atoms with E-state index < -0.39 is 17.1 Å². The number of carboxylic acid groups (broad SMARTS) is 1. The van der Waals surface area contributed by atoms with Gasteiger partial charge in [-0.2, -0.15) is 0 Å². The van der Waals surface area contributed by atoms with E-state index in [-0.39, 0.29) is 17.0 Å². The van der Waals surface area contributed by atoms with Crippen LogP contribution in [0.15, 0.2) is 39.7 Å². The molecule has 8 heteroatoms. The van der Waals surface area contributed by atoms with E-state index in [2.05, 4.69) is 5.92 Å². The van der Waals surface area contributed by atoms with Crippen molar-refractivity contribution in [2.24, 2.45) is 0 Å². The maximum atomic E-state index is 12.1. The Morgan fingerprint density at radius 2 is 2.12 bits per heavy atom. The van der Waals surface area contributed by atoms with Crippen molar-refractivity contribution in [3.05, 3.63) is 51.6 Å². The van der Waals surface area contributed by atoms with Gasteiger partial charge in [-0.25, -0.2) is 0 Å². The number of terminal acetylenes is 1. The summed E-state index contributed by atoms with van der Waals surface area (Å²) in [5, 5.41) is 10.8. The zero-order valence-corrected chi connectivity index (χ0v) is 14.6. The highest BCUT2D eigenvalue weighted by molar-refractivity contribution is 8.18. The summed E-state index contributed by atoms with van der Waals surface area (Å²) in [6, 6.07) is 7.24. The van der Waals surface area contributed by atoms with Crippen molar-refractivity contribution in [3.63, 3.8) is 0 Å². The van der Waals surface area contributed by atoms with Crippen molar-refractivity contribution in [1.29, 1.82) is 0 Å². The lowest BCUT2D eigenvalue weighted by Crippen LogP contribution is -2.28. The largest absolute Gasteiger partial charge is 0.545 e. The number of carboxylic acids is 1. The number of benzene rings is 1. The quantitative estimate of drug-likeness (QED) is 0.592. The van der Waals surface area contributed by atoms with Crippen LogP contribution in [0.5, 0.6) is 0 Å². The molecule has 0 spiro atoms. The first-order valence-electron chi connectivity index (χ1n) is 7.20. The molecule has 1 fully saturated rings. The first-order chi connectivity index (χ1) is 12.4. The molecule has 3 rings (SSSR count). The summed E-state index contributed by atoms with van der Waals surface area (Å²) >= 11 is 6.86. The molecule has 130 valence electrons. The van der Waals surface area contributed by atoms with Crippen molar-refractivity contribution in [1.82, 2.24) is 4.90 Å². The van der Waals surface area contributed by atoms with Crippen molar-refractivity contribution in [2.45, 2.75) is 0 Å². The summed E-state index contributed by atoms with van der Waals surface area (Å²) < 4.78 is 5.62. The fourth-order valence-corrected chi connectivity index (χ4v) is 3.30. The number of imide groups is 1. The molecule has 2 aromatic rings. The third-order valence-corrected chi connectivity index (χ3v) is 4.73. The molecule has 1 aliphatic heterocycles. The molecule has 1 aromatic heterocycles. The van der Waals surface area contributed by atoms with Crippen LogP contribution in [0.3, 0.4) is 0 Å². The third-order valence-electron chi connectivity index (χ3n) is 3.49. The zero-order chi connectivity index (χ0) is 18.8. The second-order valence-corrected chi connectivity index (χ2v) is 6.56. The molecule has 0 unspecified atom stereocenters. The number of thioether (sulfide) groups is 1. The van der Waals surface area contributed by atoms with Gasteiger partial charge in [0.25, 0.3) is 11.1 Å². The number of rotatable bonds is 4. The van der Waals surface area contributed by atoms with Gasteiger partial charge < -0.3 is 14.3 Å². The van der Waals surface area contributed by atoms with Crippen LogP contribution >= 0.6 is 23.4 Å². The van der Waals surface area contributed by atoms with Crippen molar-refractivity contribution in [2.75, 3.05) is 6.54 Å². The molecule has 0 radical (unpaired) electrons. The Bertz CT molecular complexity index is 1000. The average Bonchev–Trinajstić information content (AvgIpc) is 3.16. The molecule has 1 aliphatic rings. The molecule has 0 aliphatic carbocycles. The lowest BCUT2D eigenvalue weighted by molar-refractivity contribution is -0.255. The molecule has 0 bridgehead atoms. The average molecular weight is 387 g/mol. The van der Waals surface area contributed by atoms with Crippen molar-refractivity contribution < 1.29 is 23.9 Å². The van der Waals surface area contributed by atoms with Gasteiger partial charge in [-0.05, 0) is 41.6 Å². The van der Waals surface area contributed by atoms with Gasteiger partial charge in [-0.15, -0.1) is 6.42 Å². The molecule has 0 atom stereocenters. The maximum absolute atomic E-state index is 12.1. The zero-order valence-electron chi connectivity index (χ0n) is 13.0. The van der Waals surface area contributed by atoms with E-state index in [1.807, 2.05) is 0 Å². The van der Waals surface area contributed by atoms with Gasteiger partial charge in [0.2, 0.25) is 0 Å². The topological polar surface area (TPSA) is 90.7 Å². The molecule has 2 amide bonds. The summed E-state index contributed by atoms with van der Waals surface area (Å²) in [6.45, 7) is -0.100. The first-order valence-corrected chi connectivity index (χ1v) is 8.40. The molecule has 0 saturated carbocycles. The van der Waals surface area contributed by atoms with Gasteiger partial charge in [-0.3, -0.25) is 14.5 Å². The van der Waals surface area contributed by atoms with Crippen molar-refractivity contribution in [3.8, 4) is 23.7 Å². The van der Waals surface area contributed by atoms with E-state index in [9.17, 15) is 19.5 Å². The van der Waals surface area contributed by atoms with Crippen LogP contribution in [0, 0.1) is 12.3 Å². The van der Waals surface area contributed by atoms with E-state index in [4.69, 9.17) is 22.4 Å². The highest BCUT2D eigenvalue weighted by Gasteiger charge is 2.34. The number of carbonyl (C=O) groups is 3. The summed E-state index contributed by atoms with van der Waals surface area (Å²) in [6.07, 6.45) is 6.56.